The number of hydrogen-bond acceptors (Lipinski definition) is 6. The molecule has 5 atom stereocenters. The summed E-state index contributed by atoms with van der Waals surface area (Å²) in [5.41, 5.74) is 0. The molecular formula is C7H14O6. The van der Waals surface area contributed by atoms with Crippen molar-refractivity contribution in [1.29, 1.82) is 0 Å². The number of methoxy groups -OCH3 is 1. The first-order valence-corrected chi connectivity index (χ1v) is 3.95. The van der Waals surface area contributed by atoms with Gasteiger partial charge in [-0.15, -0.1) is 0 Å². The van der Waals surface area contributed by atoms with Crippen LogP contribution < -0.4 is 0 Å². The van der Waals surface area contributed by atoms with E-state index in [1.807, 2.05) is 0 Å². The summed E-state index contributed by atoms with van der Waals surface area (Å²) in [5.74, 6) is 0. The Bertz CT molecular complexity index is 163. The highest BCUT2D eigenvalue weighted by Crippen LogP contribution is 2.24. The Morgan fingerprint density at radius 2 is 2.08 bits per heavy atom. The molecule has 0 aromatic carbocycles. The van der Waals surface area contributed by atoms with Crippen LogP contribution in [0.3, 0.4) is 0 Å². The second kappa shape index (κ2) is 4.32. The lowest BCUT2D eigenvalue weighted by atomic mass is 10.1. The van der Waals surface area contributed by atoms with Crippen LogP contribution in [0.15, 0.2) is 0 Å². The lowest BCUT2D eigenvalue weighted by Gasteiger charge is -2.21. The first kappa shape index (κ1) is 10.8. The van der Waals surface area contributed by atoms with Crippen molar-refractivity contribution in [2.45, 2.75) is 30.7 Å². The SMILES string of the molecule is CO[C@@H]1C(O)C(O)O[C@@H]1C(O)CO. The summed E-state index contributed by atoms with van der Waals surface area (Å²) in [5, 5.41) is 36.2. The van der Waals surface area contributed by atoms with Gasteiger partial charge in [-0.25, -0.2) is 0 Å². The Morgan fingerprint density at radius 3 is 2.54 bits per heavy atom. The Hall–Kier alpha value is -0.240. The van der Waals surface area contributed by atoms with E-state index in [9.17, 15) is 10.2 Å². The third-order valence-electron chi connectivity index (χ3n) is 2.09. The largest absolute Gasteiger partial charge is 0.394 e. The Balaban J connectivity index is 2.64. The van der Waals surface area contributed by atoms with Crippen LogP contribution in [0.5, 0.6) is 0 Å². The highest BCUT2D eigenvalue weighted by molar-refractivity contribution is 4.90. The molecule has 78 valence electrons. The molecule has 0 bridgehead atoms. The van der Waals surface area contributed by atoms with Crippen molar-refractivity contribution < 1.29 is 29.9 Å². The van der Waals surface area contributed by atoms with E-state index in [1.54, 1.807) is 0 Å². The summed E-state index contributed by atoms with van der Waals surface area (Å²) in [6.45, 7) is -0.510. The van der Waals surface area contributed by atoms with Crippen LogP contribution in [0.2, 0.25) is 0 Å². The zero-order chi connectivity index (χ0) is 10.0. The van der Waals surface area contributed by atoms with Crippen molar-refractivity contribution in [3.63, 3.8) is 0 Å². The van der Waals surface area contributed by atoms with E-state index in [-0.39, 0.29) is 0 Å². The zero-order valence-electron chi connectivity index (χ0n) is 7.20. The first-order valence-electron chi connectivity index (χ1n) is 3.95. The minimum atomic E-state index is -1.38. The predicted molar refractivity (Wildman–Crippen MR) is 40.8 cm³/mol. The molecular weight excluding hydrogens is 180 g/mol. The standard InChI is InChI=1S/C7H14O6/c1-12-6-4(10)7(11)13-5(6)3(9)2-8/h3-11H,2H2,1H3/t3?,4?,5-,6-,7?/m1/s1. The van der Waals surface area contributed by atoms with E-state index < -0.39 is 37.3 Å². The van der Waals surface area contributed by atoms with E-state index in [0.29, 0.717) is 0 Å². The second-order valence-electron chi connectivity index (χ2n) is 2.93. The Labute approximate surface area is 75.3 Å². The van der Waals surface area contributed by atoms with Gasteiger partial charge in [0.05, 0.1) is 6.61 Å². The number of aliphatic hydroxyl groups is 4. The molecule has 0 aromatic heterocycles. The summed E-state index contributed by atoms with van der Waals surface area (Å²) in [6, 6.07) is 0. The van der Waals surface area contributed by atoms with Crippen LogP contribution in [0.25, 0.3) is 0 Å². The van der Waals surface area contributed by atoms with Crippen molar-refractivity contribution in [1.82, 2.24) is 0 Å². The number of rotatable bonds is 3. The van der Waals surface area contributed by atoms with Crippen molar-refractivity contribution in [2.24, 2.45) is 0 Å². The number of aliphatic hydroxyl groups excluding tert-OH is 4. The maximum absolute atomic E-state index is 9.28. The van der Waals surface area contributed by atoms with Crippen LogP contribution in [-0.4, -0.2) is 64.8 Å². The molecule has 0 saturated carbocycles. The molecule has 1 fully saturated rings. The highest BCUT2D eigenvalue weighted by atomic mass is 16.7. The van der Waals surface area contributed by atoms with Gasteiger partial charge in [-0.3, -0.25) is 0 Å². The van der Waals surface area contributed by atoms with Gasteiger partial charge in [-0.1, -0.05) is 0 Å². The average molecular weight is 194 g/mol. The molecule has 4 N–H and O–H groups in total. The van der Waals surface area contributed by atoms with Gasteiger partial charge in [-0.05, 0) is 0 Å². The van der Waals surface area contributed by atoms with Gasteiger partial charge in [0.25, 0.3) is 0 Å². The smallest absolute Gasteiger partial charge is 0.184 e. The molecule has 0 aromatic rings. The fourth-order valence-corrected chi connectivity index (χ4v) is 1.36. The molecule has 1 heterocycles. The van der Waals surface area contributed by atoms with Gasteiger partial charge in [-0.2, -0.15) is 0 Å². The van der Waals surface area contributed by atoms with Crippen LogP contribution >= 0.6 is 0 Å². The van der Waals surface area contributed by atoms with Crippen molar-refractivity contribution in [3.8, 4) is 0 Å². The maximum Gasteiger partial charge on any atom is 0.184 e. The van der Waals surface area contributed by atoms with Crippen molar-refractivity contribution >= 4 is 0 Å². The highest BCUT2D eigenvalue weighted by Gasteiger charge is 2.46. The fourth-order valence-electron chi connectivity index (χ4n) is 1.36. The molecule has 6 heteroatoms. The zero-order valence-corrected chi connectivity index (χ0v) is 7.20. The van der Waals surface area contributed by atoms with Crippen LogP contribution in [-0.2, 0) is 9.47 Å². The van der Waals surface area contributed by atoms with Crippen molar-refractivity contribution in [2.75, 3.05) is 13.7 Å². The third kappa shape index (κ3) is 1.98. The van der Waals surface area contributed by atoms with E-state index in [2.05, 4.69) is 0 Å². The molecule has 1 saturated heterocycles. The van der Waals surface area contributed by atoms with Gasteiger partial charge in [0.1, 0.15) is 24.4 Å². The number of ether oxygens (including phenoxy) is 2. The minimum absolute atomic E-state index is 0.510. The molecule has 0 radical (unpaired) electrons. The molecule has 3 unspecified atom stereocenters. The van der Waals surface area contributed by atoms with Gasteiger partial charge in [0, 0.05) is 7.11 Å². The second-order valence-corrected chi connectivity index (χ2v) is 2.93. The molecule has 13 heavy (non-hydrogen) atoms. The van der Waals surface area contributed by atoms with Gasteiger partial charge in [0.2, 0.25) is 0 Å². The molecule has 6 nitrogen and oxygen atoms in total. The van der Waals surface area contributed by atoms with Crippen molar-refractivity contribution in [3.05, 3.63) is 0 Å². The maximum atomic E-state index is 9.28. The molecule has 1 rings (SSSR count). The normalized spacial score (nSPS) is 42.2. The van der Waals surface area contributed by atoms with E-state index in [1.165, 1.54) is 7.11 Å². The van der Waals surface area contributed by atoms with Crippen LogP contribution in [0.1, 0.15) is 0 Å². The summed E-state index contributed by atoms with van der Waals surface area (Å²) in [4.78, 5) is 0. The summed E-state index contributed by atoms with van der Waals surface area (Å²) < 4.78 is 9.62. The van der Waals surface area contributed by atoms with Gasteiger partial charge >= 0.3 is 0 Å². The lowest BCUT2D eigenvalue weighted by Crippen LogP contribution is -2.41. The Morgan fingerprint density at radius 1 is 1.46 bits per heavy atom. The predicted octanol–water partition coefficient (Wildman–Crippen LogP) is -2.57. The monoisotopic (exact) mass is 194 g/mol. The topological polar surface area (TPSA) is 99.4 Å². The quantitative estimate of drug-likeness (QED) is 0.394. The van der Waals surface area contributed by atoms with Crippen LogP contribution in [0.4, 0.5) is 0 Å². The average Bonchev–Trinajstić information content (AvgIpc) is 2.42. The summed E-state index contributed by atoms with van der Waals surface area (Å²) in [7, 11) is 1.33. The molecule has 1 aliphatic heterocycles. The summed E-state index contributed by atoms with van der Waals surface area (Å²) >= 11 is 0. The third-order valence-corrected chi connectivity index (χ3v) is 2.09. The van der Waals surface area contributed by atoms with Gasteiger partial charge < -0.3 is 29.9 Å². The lowest BCUT2D eigenvalue weighted by molar-refractivity contribution is -0.150. The van der Waals surface area contributed by atoms with Crippen LogP contribution in [0, 0.1) is 0 Å². The number of hydrogen-bond donors (Lipinski definition) is 4. The molecule has 0 amide bonds. The van der Waals surface area contributed by atoms with E-state index in [0.717, 1.165) is 0 Å². The minimum Gasteiger partial charge on any atom is -0.394 e. The fraction of sp³-hybridized carbons (Fsp3) is 1.00. The van der Waals surface area contributed by atoms with Gasteiger partial charge in [0.15, 0.2) is 6.29 Å². The molecule has 0 aliphatic carbocycles. The summed E-state index contributed by atoms with van der Waals surface area (Å²) in [6.07, 6.45) is -5.47. The molecule has 1 aliphatic rings. The first-order chi connectivity index (χ1) is 6.11. The van der Waals surface area contributed by atoms with E-state index in [4.69, 9.17) is 19.7 Å². The molecule has 0 spiro atoms. The Kier molecular flexibility index (Phi) is 3.60. The van der Waals surface area contributed by atoms with E-state index >= 15 is 0 Å².